The maximum absolute atomic E-state index is 5.23. The molecule has 0 aliphatic carbocycles. The van der Waals surface area contributed by atoms with Crippen LogP contribution in [0.4, 0.5) is 0 Å². The van der Waals surface area contributed by atoms with E-state index in [4.69, 9.17) is 9.73 Å². The van der Waals surface area contributed by atoms with Crippen molar-refractivity contribution in [1.82, 2.24) is 4.98 Å². The molecule has 2 aromatic carbocycles. The van der Waals surface area contributed by atoms with Gasteiger partial charge in [0.15, 0.2) is 0 Å². The van der Waals surface area contributed by atoms with E-state index in [1.165, 1.54) is 16.5 Å². The Balaban J connectivity index is 1.86. The van der Waals surface area contributed by atoms with Crippen molar-refractivity contribution < 1.29 is 4.74 Å². The molecule has 0 bridgehead atoms. The Labute approximate surface area is 123 Å². The highest BCUT2D eigenvalue weighted by molar-refractivity contribution is 6.15. The summed E-state index contributed by atoms with van der Waals surface area (Å²) >= 11 is 0. The van der Waals surface area contributed by atoms with Gasteiger partial charge in [-0.2, -0.15) is 0 Å². The number of methoxy groups -OCH3 is 1. The standard InChI is InChI=1S/C18H16N2O/c1-21-13-8-6-12(7-9-13)17-18-15(10-11-19-17)14-4-2-3-5-16(14)20-18/h2-9,20H,10-11H2,1H3. The Kier molecular flexibility index (Phi) is 2.78. The lowest BCUT2D eigenvalue weighted by molar-refractivity contribution is 0.415. The van der Waals surface area contributed by atoms with Crippen LogP contribution in [0, 0.1) is 0 Å². The Morgan fingerprint density at radius 1 is 1.05 bits per heavy atom. The van der Waals surface area contributed by atoms with Crippen LogP contribution in [0.2, 0.25) is 0 Å². The molecule has 0 unspecified atom stereocenters. The molecule has 2 heterocycles. The lowest BCUT2D eigenvalue weighted by Gasteiger charge is -2.14. The van der Waals surface area contributed by atoms with Crippen LogP contribution in [-0.4, -0.2) is 24.4 Å². The minimum atomic E-state index is 0.843. The maximum Gasteiger partial charge on any atom is 0.118 e. The van der Waals surface area contributed by atoms with E-state index in [0.717, 1.165) is 35.7 Å². The third-order valence-electron chi connectivity index (χ3n) is 4.05. The minimum absolute atomic E-state index is 0.843. The van der Waals surface area contributed by atoms with E-state index in [1.807, 2.05) is 12.1 Å². The Morgan fingerprint density at radius 3 is 2.67 bits per heavy atom. The predicted molar refractivity (Wildman–Crippen MR) is 85.5 cm³/mol. The van der Waals surface area contributed by atoms with Gasteiger partial charge in [0.1, 0.15) is 5.75 Å². The normalized spacial score (nSPS) is 13.9. The van der Waals surface area contributed by atoms with Crippen LogP contribution in [0.3, 0.4) is 0 Å². The average Bonchev–Trinajstić information content (AvgIpc) is 2.94. The molecule has 0 atom stereocenters. The van der Waals surface area contributed by atoms with Crippen molar-refractivity contribution in [3.8, 4) is 5.75 Å². The highest BCUT2D eigenvalue weighted by atomic mass is 16.5. The van der Waals surface area contributed by atoms with Crippen LogP contribution in [0.25, 0.3) is 10.9 Å². The van der Waals surface area contributed by atoms with Gasteiger partial charge in [-0.15, -0.1) is 0 Å². The Bertz CT molecular complexity index is 828. The first-order valence-electron chi connectivity index (χ1n) is 7.15. The zero-order chi connectivity index (χ0) is 14.2. The Hall–Kier alpha value is -2.55. The number of nitrogens with zero attached hydrogens (tertiary/aromatic N) is 1. The number of hydrogen-bond acceptors (Lipinski definition) is 2. The topological polar surface area (TPSA) is 37.4 Å². The van der Waals surface area contributed by atoms with E-state index in [-0.39, 0.29) is 0 Å². The molecule has 21 heavy (non-hydrogen) atoms. The molecule has 3 heteroatoms. The number of rotatable bonds is 2. The number of fused-ring (bicyclic) bond motifs is 3. The lowest BCUT2D eigenvalue weighted by atomic mass is 9.98. The zero-order valence-electron chi connectivity index (χ0n) is 11.9. The molecule has 0 amide bonds. The Morgan fingerprint density at radius 2 is 1.86 bits per heavy atom. The number of para-hydroxylation sites is 1. The van der Waals surface area contributed by atoms with Gasteiger partial charge in [0, 0.05) is 23.0 Å². The number of aromatic amines is 1. The molecular formula is C18H16N2O. The molecule has 4 rings (SSSR count). The predicted octanol–water partition coefficient (Wildman–Crippen LogP) is 3.57. The summed E-state index contributed by atoms with van der Waals surface area (Å²) in [4.78, 5) is 8.27. The summed E-state index contributed by atoms with van der Waals surface area (Å²) in [5, 5.41) is 1.31. The fourth-order valence-corrected chi connectivity index (χ4v) is 3.00. The van der Waals surface area contributed by atoms with E-state index >= 15 is 0 Å². The average molecular weight is 276 g/mol. The van der Waals surface area contributed by atoms with Gasteiger partial charge in [0.25, 0.3) is 0 Å². The van der Waals surface area contributed by atoms with E-state index in [9.17, 15) is 0 Å². The second-order valence-electron chi connectivity index (χ2n) is 5.23. The highest BCUT2D eigenvalue weighted by Gasteiger charge is 2.20. The van der Waals surface area contributed by atoms with E-state index in [0.29, 0.717) is 0 Å². The molecular weight excluding hydrogens is 260 g/mol. The molecule has 0 saturated heterocycles. The molecule has 3 nitrogen and oxygen atoms in total. The molecule has 3 aromatic rings. The second-order valence-corrected chi connectivity index (χ2v) is 5.23. The molecule has 1 aromatic heterocycles. The maximum atomic E-state index is 5.23. The van der Waals surface area contributed by atoms with Crippen LogP contribution in [0.15, 0.2) is 53.5 Å². The van der Waals surface area contributed by atoms with E-state index < -0.39 is 0 Å². The molecule has 0 fully saturated rings. The number of aromatic nitrogens is 1. The number of benzene rings is 2. The van der Waals surface area contributed by atoms with Crippen LogP contribution in [0.1, 0.15) is 16.8 Å². The first-order chi connectivity index (χ1) is 10.4. The summed E-state index contributed by atoms with van der Waals surface area (Å²) in [5.74, 6) is 0.868. The van der Waals surface area contributed by atoms with Gasteiger partial charge >= 0.3 is 0 Å². The van der Waals surface area contributed by atoms with Crippen molar-refractivity contribution in [2.24, 2.45) is 4.99 Å². The van der Waals surface area contributed by atoms with Crippen LogP contribution < -0.4 is 4.74 Å². The number of H-pyrrole nitrogens is 1. The van der Waals surface area contributed by atoms with Gasteiger partial charge < -0.3 is 9.72 Å². The molecule has 104 valence electrons. The summed E-state index contributed by atoms with van der Waals surface area (Å²) in [6.45, 7) is 0.843. The summed E-state index contributed by atoms with van der Waals surface area (Å²) < 4.78 is 5.23. The van der Waals surface area contributed by atoms with Gasteiger partial charge in [-0.1, -0.05) is 18.2 Å². The fourth-order valence-electron chi connectivity index (χ4n) is 3.00. The van der Waals surface area contributed by atoms with E-state index in [2.05, 4.69) is 41.4 Å². The van der Waals surface area contributed by atoms with Crippen molar-refractivity contribution in [1.29, 1.82) is 0 Å². The van der Waals surface area contributed by atoms with Gasteiger partial charge in [0.2, 0.25) is 0 Å². The third-order valence-corrected chi connectivity index (χ3v) is 4.05. The van der Waals surface area contributed by atoms with Crippen LogP contribution in [-0.2, 0) is 6.42 Å². The van der Waals surface area contributed by atoms with Crippen LogP contribution in [0.5, 0.6) is 5.75 Å². The molecule has 0 saturated carbocycles. The van der Waals surface area contributed by atoms with Crippen molar-refractivity contribution >= 4 is 16.6 Å². The van der Waals surface area contributed by atoms with Crippen LogP contribution >= 0.6 is 0 Å². The fraction of sp³-hybridized carbons (Fsp3) is 0.167. The quantitative estimate of drug-likeness (QED) is 0.763. The first-order valence-corrected chi connectivity index (χ1v) is 7.15. The van der Waals surface area contributed by atoms with Gasteiger partial charge in [0.05, 0.1) is 18.5 Å². The molecule has 0 spiro atoms. The number of hydrogen-bond donors (Lipinski definition) is 1. The van der Waals surface area contributed by atoms with Gasteiger partial charge in [-0.3, -0.25) is 4.99 Å². The lowest BCUT2D eigenvalue weighted by Crippen LogP contribution is -2.13. The van der Waals surface area contributed by atoms with Crippen molar-refractivity contribution in [2.75, 3.05) is 13.7 Å². The number of ether oxygens (including phenoxy) is 1. The second kappa shape index (κ2) is 4.77. The van der Waals surface area contributed by atoms with Gasteiger partial charge in [-0.05, 0) is 42.3 Å². The number of aliphatic imine (C=N–C) groups is 1. The third kappa shape index (κ3) is 1.93. The van der Waals surface area contributed by atoms with Crippen molar-refractivity contribution in [3.63, 3.8) is 0 Å². The summed E-state index contributed by atoms with van der Waals surface area (Å²) in [5.41, 5.74) is 5.91. The summed E-state index contributed by atoms with van der Waals surface area (Å²) in [6.07, 6.45) is 0.999. The SMILES string of the molecule is COc1ccc(C2=NCCc3c2[nH]c2ccccc32)cc1. The molecule has 1 N–H and O–H groups in total. The van der Waals surface area contributed by atoms with Gasteiger partial charge in [-0.25, -0.2) is 0 Å². The summed E-state index contributed by atoms with van der Waals surface area (Å²) in [7, 11) is 1.68. The number of nitrogens with one attached hydrogen (secondary N) is 1. The van der Waals surface area contributed by atoms with E-state index in [1.54, 1.807) is 7.11 Å². The van der Waals surface area contributed by atoms with Crippen molar-refractivity contribution in [2.45, 2.75) is 6.42 Å². The summed E-state index contributed by atoms with van der Waals surface area (Å²) in [6, 6.07) is 16.6. The zero-order valence-corrected chi connectivity index (χ0v) is 11.9. The minimum Gasteiger partial charge on any atom is -0.497 e. The van der Waals surface area contributed by atoms with Crippen molar-refractivity contribution in [3.05, 3.63) is 65.4 Å². The first kappa shape index (κ1) is 12.2. The molecule has 1 aliphatic heterocycles. The molecule has 0 radical (unpaired) electrons. The highest BCUT2D eigenvalue weighted by Crippen LogP contribution is 2.28. The largest absolute Gasteiger partial charge is 0.497 e. The smallest absolute Gasteiger partial charge is 0.118 e. The monoisotopic (exact) mass is 276 g/mol. The molecule has 1 aliphatic rings.